The molecule has 0 bridgehead atoms. The van der Waals surface area contributed by atoms with Crippen LogP contribution in [0.3, 0.4) is 0 Å². The second kappa shape index (κ2) is 3.36. The van der Waals surface area contributed by atoms with E-state index in [9.17, 15) is 5.53 Å². The first kappa shape index (κ1) is 12.5. The molecule has 0 fully saturated rings. The molecule has 0 aromatic carbocycles. The number of rotatable bonds is 4. The van der Waals surface area contributed by atoms with Gasteiger partial charge in [-0.05, 0) is 0 Å². The van der Waals surface area contributed by atoms with Crippen molar-refractivity contribution in [3.63, 3.8) is 0 Å². The Labute approximate surface area is 83.8 Å². The van der Waals surface area contributed by atoms with Crippen LogP contribution in [0.4, 0.5) is 0 Å². The van der Waals surface area contributed by atoms with E-state index in [1.54, 1.807) is 27.7 Å². The normalized spacial score (nSPS) is 12.3. The van der Waals surface area contributed by atoms with Crippen LogP contribution in [0.15, 0.2) is 0 Å². The van der Waals surface area contributed by atoms with Gasteiger partial charge in [0.1, 0.15) is 0 Å². The molecule has 0 aromatic heterocycles. The molecule has 0 atom stereocenters. The molecule has 0 aliphatic carbocycles. The minimum atomic E-state index is -1.05. The van der Waals surface area contributed by atoms with Crippen molar-refractivity contribution in [1.29, 1.82) is 10.8 Å². The Balaban J connectivity index is 5.16. The topological polar surface area (TPSA) is 125 Å². The van der Waals surface area contributed by atoms with Crippen molar-refractivity contribution in [2.75, 3.05) is 0 Å². The van der Waals surface area contributed by atoms with Crippen molar-refractivity contribution in [1.82, 2.24) is 0 Å². The smallest absolute Gasteiger partial charge is 0.202 e. The van der Waals surface area contributed by atoms with Crippen LogP contribution in [-0.4, -0.2) is 27.4 Å². The standard InChI is InChI=1S/C8H18N6/c1-7(2,5(9)10)14(13)8(3,4)6(11)12/h1-4H3,(H3,9,10)(H3,11,12). The molecule has 0 aromatic rings. The van der Waals surface area contributed by atoms with Crippen LogP contribution in [0.5, 0.6) is 0 Å². The maximum Gasteiger partial charge on any atom is 0.202 e. The zero-order valence-corrected chi connectivity index (χ0v) is 9.05. The van der Waals surface area contributed by atoms with Gasteiger partial charge in [-0.15, -0.1) is 0 Å². The quantitative estimate of drug-likeness (QED) is 0.226. The van der Waals surface area contributed by atoms with E-state index in [-0.39, 0.29) is 11.7 Å². The van der Waals surface area contributed by atoms with Crippen LogP contribution in [0.1, 0.15) is 27.7 Å². The van der Waals surface area contributed by atoms with Crippen molar-refractivity contribution in [3.05, 3.63) is 5.53 Å². The summed E-state index contributed by atoms with van der Waals surface area (Å²) in [7, 11) is 0. The Morgan fingerprint density at radius 1 is 1.00 bits per heavy atom. The number of amidine groups is 2. The number of nitrogens with two attached hydrogens (primary N) is 2. The maximum atomic E-state index is 9.84. The summed E-state index contributed by atoms with van der Waals surface area (Å²) in [6.45, 7) is 6.33. The Morgan fingerprint density at radius 2 is 1.21 bits per heavy atom. The van der Waals surface area contributed by atoms with Gasteiger partial charge in [-0.25, -0.2) is 0 Å². The molecule has 6 nitrogen and oxygen atoms in total. The molecule has 14 heavy (non-hydrogen) atoms. The summed E-state index contributed by atoms with van der Waals surface area (Å²) in [4.78, 5) is 0. The van der Waals surface area contributed by atoms with Crippen LogP contribution in [0, 0.1) is 10.8 Å². The van der Waals surface area contributed by atoms with E-state index >= 15 is 0 Å². The van der Waals surface area contributed by atoms with Crippen LogP contribution in [0.2, 0.25) is 0 Å². The van der Waals surface area contributed by atoms with E-state index in [1.807, 2.05) is 0 Å². The molecular weight excluding hydrogens is 180 g/mol. The van der Waals surface area contributed by atoms with Crippen molar-refractivity contribution < 1.29 is 4.70 Å². The van der Waals surface area contributed by atoms with Crippen LogP contribution >= 0.6 is 0 Å². The second-order valence-electron chi connectivity index (χ2n) is 4.26. The average Bonchev–Trinajstić information content (AvgIpc) is 2.02. The van der Waals surface area contributed by atoms with Gasteiger partial charge in [0.05, 0.1) is 0 Å². The lowest BCUT2D eigenvalue weighted by atomic mass is 9.95. The average molecular weight is 198 g/mol. The summed E-state index contributed by atoms with van der Waals surface area (Å²) < 4.78 is 0.824. The lowest BCUT2D eigenvalue weighted by Crippen LogP contribution is -2.58. The summed E-state index contributed by atoms with van der Waals surface area (Å²) in [5, 5.41) is 14.6. The van der Waals surface area contributed by atoms with Gasteiger partial charge < -0.3 is 21.7 Å². The maximum absolute atomic E-state index is 9.84. The predicted molar refractivity (Wildman–Crippen MR) is 55.6 cm³/mol. The third kappa shape index (κ3) is 1.89. The van der Waals surface area contributed by atoms with Gasteiger partial charge in [-0.2, -0.15) is 0 Å². The molecule has 0 spiro atoms. The van der Waals surface area contributed by atoms with E-state index in [1.165, 1.54) is 0 Å². The van der Waals surface area contributed by atoms with Gasteiger partial charge in [0.25, 0.3) is 0 Å². The number of hydrogen-bond acceptors (Lipinski definition) is 2. The minimum Gasteiger partial charge on any atom is -0.505 e. The molecule has 0 saturated heterocycles. The van der Waals surface area contributed by atoms with Gasteiger partial charge in [0.15, 0.2) is 11.7 Å². The van der Waals surface area contributed by atoms with Gasteiger partial charge in [-0.1, -0.05) is 0 Å². The van der Waals surface area contributed by atoms with Gasteiger partial charge in [0.2, 0.25) is 11.1 Å². The van der Waals surface area contributed by atoms with Crippen molar-refractivity contribution in [3.8, 4) is 0 Å². The number of nitrogens with zero attached hydrogens (tertiary/aromatic N) is 2. The molecule has 6 heteroatoms. The molecule has 0 aliphatic heterocycles. The Bertz CT molecular complexity index is 260. The molecule has 0 radical (unpaired) electrons. The molecule has 0 unspecified atom stereocenters. The van der Waals surface area contributed by atoms with E-state index < -0.39 is 11.1 Å². The molecule has 6 N–H and O–H groups in total. The Hall–Kier alpha value is -1.46. The molecule has 0 amide bonds. The van der Waals surface area contributed by atoms with Crippen LogP contribution in [0.25, 0.3) is 5.53 Å². The summed E-state index contributed by atoms with van der Waals surface area (Å²) in [5.74, 6) is -0.372. The molecule has 80 valence electrons. The Morgan fingerprint density at radius 3 is 1.36 bits per heavy atom. The first-order valence-electron chi connectivity index (χ1n) is 4.22. The summed E-state index contributed by atoms with van der Waals surface area (Å²) in [6, 6.07) is 0. The highest BCUT2D eigenvalue weighted by atomic mass is 15.3. The lowest BCUT2D eigenvalue weighted by Gasteiger charge is -2.34. The van der Waals surface area contributed by atoms with E-state index in [4.69, 9.17) is 22.3 Å². The summed E-state index contributed by atoms with van der Waals surface area (Å²) >= 11 is 0. The molecule has 0 heterocycles. The largest absolute Gasteiger partial charge is 0.505 e. The highest BCUT2D eigenvalue weighted by Crippen LogP contribution is 2.19. The second-order valence-corrected chi connectivity index (χ2v) is 4.26. The van der Waals surface area contributed by atoms with Gasteiger partial charge in [-0.3, -0.25) is 10.8 Å². The van der Waals surface area contributed by atoms with Crippen LogP contribution < -0.4 is 11.5 Å². The van der Waals surface area contributed by atoms with Crippen LogP contribution in [-0.2, 0) is 0 Å². The third-order valence-electron chi connectivity index (χ3n) is 2.38. The van der Waals surface area contributed by atoms with E-state index in [0.717, 1.165) is 4.70 Å². The first-order valence-corrected chi connectivity index (χ1v) is 4.22. The van der Waals surface area contributed by atoms with Gasteiger partial charge >= 0.3 is 0 Å². The minimum absolute atomic E-state index is 0.186. The highest BCUT2D eigenvalue weighted by Gasteiger charge is 2.42. The number of hydrogen-bond donors (Lipinski definition) is 4. The molecule has 0 saturated carbocycles. The predicted octanol–water partition coefficient (Wildman–Crippen LogP) is 0.450. The van der Waals surface area contributed by atoms with Gasteiger partial charge in [0, 0.05) is 27.7 Å². The fourth-order valence-electron chi connectivity index (χ4n) is 0.927. The van der Waals surface area contributed by atoms with E-state index in [2.05, 4.69) is 0 Å². The summed E-state index contributed by atoms with van der Waals surface area (Å²) in [5.41, 5.74) is 18.4. The molecule has 0 rings (SSSR count). The molecule has 0 aliphatic rings. The number of nitrogens with one attached hydrogen (secondary N) is 2. The van der Waals surface area contributed by atoms with Crippen molar-refractivity contribution >= 4 is 11.7 Å². The SMILES string of the molecule is CC(C)(C(=N)N)[N+](=[N-])C(C)(C)C(=N)N. The highest BCUT2D eigenvalue weighted by molar-refractivity contribution is 5.87. The third-order valence-corrected chi connectivity index (χ3v) is 2.38. The van der Waals surface area contributed by atoms with Crippen molar-refractivity contribution in [2.45, 2.75) is 38.8 Å². The van der Waals surface area contributed by atoms with E-state index in [0.29, 0.717) is 0 Å². The molecular formula is C8H18N6. The fourth-order valence-corrected chi connectivity index (χ4v) is 0.927. The Kier molecular flexibility index (Phi) is 3.01. The zero-order valence-electron chi connectivity index (χ0n) is 9.05. The summed E-state index contributed by atoms with van der Waals surface area (Å²) in [6.07, 6.45) is 0. The monoisotopic (exact) mass is 198 g/mol. The first-order chi connectivity index (χ1) is 6.04. The fraction of sp³-hybridized carbons (Fsp3) is 0.750. The van der Waals surface area contributed by atoms with Crippen molar-refractivity contribution in [2.24, 2.45) is 11.5 Å². The zero-order chi connectivity index (χ0) is 11.7. The lowest BCUT2D eigenvalue weighted by molar-refractivity contribution is -0.648.